The fourth-order valence-electron chi connectivity index (χ4n) is 3.21. The quantitative estimate of drug-likeness (QED) is 0.501. The van der Waals surface area contributed by atoms with Gasteiger partial charge in [-0.05, 0) is 29.5 Å². The predicted octanol–water partition coefficient (Wildman–Crippen LogP) is 3.29. The number of nitrogens with zero attached hydrogens (tertiary/aromatic N) is 1. The molecule has 156 valence electrons. The van der Waals surface area contributed by atoms with Crippen molar-refractivity contribution in [3.63, 3.8) is 0 Å². The summed E-state index contributed by atoms with van der Waals surface area (Å²) < 4.78 is 5.17. The first-order valence-electron chi connectivity index (χ1n) is 9.70. The Balaban J connectivity index is 1.73. The van der Waals surface area contributed by atoms with E-state index >= 15 is 0 Å². The number of aliphatic hydroxyl groups excluding tert-OH is 1. The van der Waals surface area contributed by atoms with Crippen LogP contribution in [0.4, 0.5) is 0 Å². The molecular weight excluding hydrogens is 384 g/mol. The first kappa shape index (κ1) is 21.3. The van der Waals surface area contributed by atoms with E-state index in [2.05, 4.69) is 10.3 Å². The van der Waals surface area contributed by atoms with Crippen LogP contribution in [0.2, 0.25) is 0 Å². The van der Waals surface area contributed by atoms with Gasteiger partial charge in [0.05, 0.1) is 12.1 Å². The normalized spacial score (nSPS) is 12.9. The number of rotatable bonds is 9. The van der Waals surface area contributed by atoms with Gasteiger partial charge in [0.1, 0.15) is 6.61 Å². The van der Waals surface area contributed by atoms with Crippen molar-refractivity contribution in [3.8, 4) is 11.1 Å². The number of hydrogen-bond donors (Lipinski definition) is 3. The summed E-state index contributed by atoms with van der Waals surface area (Å²) in [6.07, 6.45) is 1.98. The number of carboxylic acids is 1. The summed E-state index contributed by atoms with van der Waals surface area (Å²) in [4.78, 5) is 27.6. The molecule has 0 aliphatic heterocycles. The second-order valence-corrected chi connectivity index (χ2v) is 7.19. The van der Waals surface area contributed by atoms with Crippen LogP contribution in [0.15, 0.2) is 65.2 Å². The number of carboxylic acid groups (broad SMARTS) is 1. The van der Waals surface area contributed by atoms with E-state index in [0.717, 1.165) is 16.7 Å². The summed E-state index contributed by atoms with van der Waals surface area (Å²) in [7, 11) is 0. The molecule has 0 spiro atoms. The largest absolute Gasteiger partial charge is 0.481 e. The third-order valence-electron chi connectivity index (χ3n) is 4.85. The number of carbonyl (C=O) groups excluding carboxylic acids is 1. The zero-order chi connectivity index (χ0) is 21.5. The number of aliphatic carboxylic acids is 1. The monoisotopic (exact) mass is 408 g/mol. The molecule has 3 rings (SSSR count). The molecule has 0 aliphatic rings. The second kappa shape index (κ2) is 9.84. The van der Waals surface area contributed by atoms with E-state index in [9.17, 15) is 14.7 Å². The standard InChI is InChI=1S/C23H24N2O5/c1-15(23(28)29)11-19(25-22(27)20-13-24-21(14-26)30-20)12-16-7-9-18(10-8-16)17-5-3-2-4-6-17/h2-10,13,15,19,26H,11-12,14H2,1H3,(H,25,27)(H,28,29)/t15-,19+/m1/s1. The fourth-order valence-corrected chi connectivity index (χ4v) is 3.21. The minimum absolute atomic E-state index is 0.0218. The lowest BCUT2D eigenvalue weighted by atomic mass is 9.95. The zero-order valence-corrected chi connectivity index (χ0v) is 16.6. The maximum absolute atomic E-state index is 12.5. The molecule has 30 heavy (non-hydrogen) atoms. The van der Waals surface area contributed by atoms with Crippen molar-refractivity contribution >= 4 is 11.9 Å². The molecule has 2 aromatic carbocycles. The lowest BCUT2D eigenvalue weighted by molar-refractivity contribution is -0.141. The zero-order valence-electron chi connectivity index (χ0n) is 16.6. The Kier molecular flexibility index (Phi) is 6.98. The molecule has 3 N–H and O–H groups in total. The van der Waals surface area contributed by atoms with Crippen molar-refractivity contribution < 1.29 is 24.2 Å². The van der Waals surface area contributed by atoms with Gasteiger partial charge >= 0.3 is 5.97 Å². The lowest BCUT2D eigenvalue weighted by Gasteiger charge is -2.20. The van der Waals surface area contributed by atoms with Gasteiger partial charge in [-0.15, -0.1) is 0 Å². The van der Waals surface area contributed by atoms with Crippen LogP contribution in [-0.2, 0) is 17.8 Å². The van der Waals surface area contributed by atoms with Crippen LogP contribution < -0.4 is 5.32 Å². The van der Waals surface area contributed by atoms with Crippen molar-refractivity contribution in [2.24, 2.45) is 5.92 Å². The highest BCUT2D eigenvalue weighted by molar-refractivity contribution is 5.91. The Morgan fingerprint density at radius 2 is 1.73 bits per heavy atom. The summed E-state index contributed by atoms with van der Waals surface area (Å²) in [5.74, 6) is -2.01. The summed E-state index contributed by atoms with van der Waals surface area (Å²) in [6, 6.07) is 17.6. The number of carbonyl (C=O) groups is 2. The van der Waals surface area contributed by atoms with Crippen LogP contribution in [0.25, 0.3) is 11.1 Å². The molecule has 0 aliphatic carbocycles. The molecule has 0 saturated heterocycles. The third-order valence-corrected chi connectivity index (χ3v) is 4.85. The van der Waals surface area contributed by atoms with Gasteiger partial charge in [-0.3, -0.25) is 9.59 Å². The number of benzene rings is 2. The number of hydrogen-bond acceptors (Lipinski definition) is 5. The average molecular weight is 408 g/mol. The predicted molar refractivity (Wildman–Crippen MR) is 111 cm³/mol. The van der Waals surface area contributed by atoms with Gasteiger partial charge in [0.25, 0.3) is 5.91 Å². The Bertz CT molecular complexity index is 982. The number of aromatic nitrogens is 1. The van der Waals surface area contributed by atoms with Gasteiger partial charge in [-0.25, -0.2) is 4.98 Å². The van der Waals surface area contributed by atoms with Gasteiger partial charge < -0.3 is 19.9 Å². The smallest absolute Gasteiger partial charge is 0.306 e. The van der Waals surface area contributed by atoms with Gasteiger partial charge in [0.15, 0.2) is 0 Å². The molecule has 0 unspecified atom stereocenters. The minimum atomic E-state index is -0.920. The highest BCUT2D eigenvalue weighted by atomic mass is 16.4. The maximum Gasteiger partial charge on any atom is 0.306 e. The van der Waals surface area contributed by atoms with Crippen LogP contribution in [0, 0.1) is 5.92 Å². The van der Waals surface area contributed by atoms with E-state index in [1.54, 1.807) is 6.92 Å². The first-order chi connectivity index (χ1) is 14.5. The molecule has 0 saturated carbocycles. The molecule has 1 amide bonds. The fraction of sp³-hybridized carbons (Fsp3) is 0.261. The number of aliphatic hydroxyl groups is 1. The molecule has 2 atom stereocenters. The Morgan fingerprint density at radius 3 is 2.33 bits per heavy atom. The van der Waals surface area contributed by atoms with Crippen LogP contribution in [-0.4, -0.2) is 33.1 Å². The van der Waals surface area contributed by atoms with E-state index in [1.165, 1.54) is 6.20 Å². The number of nitrogens with one attached hydrogen (secondary N) is 1. The molecule has 1 heterocycles. The SMILES string of the molecule is C[C@H](C[C@@H](Cc1ccc(-c2ccccc2)cc1)NC(=O)c1cnc(CO)o1)C(=O)O. The summed E-state index contributed by atoms with van der Waals surface area (Å²) in [6.45, 7) is 1.21. The third kappa shape index (κ3) is 5.55. The summed E-state index contributed by atoms with van der Waals surface area (Å²) in [5.41, 5.74) is 3.17. The van der Waals surface area contributed by atoms with E-state index in [0.29, 0.717) is 6.42 Å². The van der Waals surface area contributed by atoms with Crippen molar-refractivity contribution in [2.75, 3.05) is 0 Å². The minimum Gasteiger partial charge on any atom is -0.481 e. The highest BCUT2D eigenvalue weighted by Crippen LogP contribution is 2.21. The van der Waals surface area contributed by atoms with Gasteiger partial charge in [-0.1, -0.05) is 61.5 Å². The molecule has 0 fully saturated rings. The molecule has 1 aromatic heterocycles. The van der Waals surface area contributed by atoms with Crippen molar-refractivity contribution in [3.05, 3.63) is 78.0 Å². The number of amides is 1. The topological polar surface area (TPSA) is 113 Å². The van der Waals surface area contributed by atoms with Crippen LogP contribution in [0.1, 0.15) is 35.4 Å². The second-order valence-electron chi connectivity index (χ2n) is 7.19. The molecule has 0 radical (unpaired) electrons. The Hall–Kier alpha value is -3.45. The number of oxazole rings is 1. The summed E-state index contributed by atoms with van der Waals surface area (Å²) in [5, 5.41) is 21.2. The molecule has 7 nitrogen and oxygen atoms in total. The summed E-state index contributed by atoms with van der Waals surface area (Å²) >= 11 is 0. The van der Waals surface area contributed by atoms with Gasteiger partial charge in [-0.2, -0.15) is 0 Å². The van der Waals surface area contributed by atoms with Crippen molar-refractivity contribution in [1.29, 1.82) is 0 Å². The van der Waals surface area contributed by atoms with Crippen LogP contribution in [0.5, 0.6) is 0 Å². The highest BCUT2D eigenvalue weighted by Gasteiger charge is 2.22. The lowest BCUT2D eigenvalue weighted by Crippen LogP contribution is -2.38. The molecule has 7 heteroatoms. The van der Waals surface area contributed by atoms with E-state index in [-0.39, 0.29) is 18.1 Å². The molecule has 3 aromatic rings. The van der Waals surface area contributed by atoms with E-state index < -0.39 is 30.4 Å². The van der Waals surface area contributed by atoms with E-state index in [4.69, 9.17) is 9.52 Å². The maximum atomic E-state index is 12.5. The Labute approximate surface area is 174 Å². The van der Waals surface area contributed by atoms with Gasteiger partial charge in [0, 0.05) is 6.04 Å². The van der Waals surface area contributed by atoms with Crippen molar-refractivity contribution in [1.82, 2.24) is 10.3 Å². The van der Waals surface area contributed by atoms with E-state index in [1.807, 2.05) is 54.6 Å². The average Bonchev–Trinajstić information content (AvgIpc) is 3.24. The Morgan fingerprint density at radius 1 is 1.07 bits per heavy atom. The molecular formula is C23H24N2O5. The van der Waals surface area contributed by atoms with Crippen LogP contribution >= 0.6 is 0 Å². The van der Waals surface area contributed by atoms with Gasteiger partial charge in [0.2, 0.25) is 11.7 Å². The van der Waals surface area contributed by atoms with Crippen molar-refractivity contribution in [2.45, 2.75) is 32.4 Å². The van der Waals surface area contributed by atoms with Crippen LogP contribution in [0.3, 0.4) is 0 Å². The molecule has 0 bridgehead atoms. The first-order valence-corrected chi connectivity index (χ1v) is 9.70.